The molecule has 5 nitrogen and oxygen atoms in total. The first kappa shape index (κ1) is 19.2. The lowest BCUT2D eigenvalue weighted by Gasteiger charge is -2.24. The second-order valence-corrected chi connectivity index (χ2v) is 8.30. The zero-order chi connectivity index (χ0) is 18.7. The van der Waals surface area contributed by atoms with Crippen molar-refractivity contribution in [3.05, 3.63) is 28.8 Å². The molecule has 3 atom stereocenters. The van der Waals surface area contributed by atoms with Crippen molar-refractivity contribution >= 4 is 29.1 Å². The maximum absolute atomic E-state index is 12.6. The van der Waals surface area contributed by atoms with Gasteiger partial charge in [-0.2, -0.15) is 0 Å². The van der Waals surface area contributed by atoms with Crippen LogP contribution >= 0.6 is 11.6 Å². The number of nitrogens with one attached hydrogen (secondary N) is 3. The third kappa shape index (κ3) is 4.57. The zero-order valence-corrected chi connectivity index (χ0v) is 16.2. The summed E-state index contributed by atoms with van der Waals surface area (Å²) >= 11 is 6.25. The summed E-state index contributed by atoms with van der Waals surface area (Å²) in [5, 5.41) is 9.60. The fraction of sp³-hybridized carbons (Fsp3) is 0.600. The van der Waals surface area contributed by atoms with Crippen LogP contribution in [0.2, 0.25) is 5.02 Å². The van der Waals surface area contributed by atoms with Crippen molar-refractivity contribution in [1.29, 1.82) is 0 Å². The van der Waals surface area contributed by atoms with E-state index in [9.17, 15) is 9.59 Å². The Morgan fingerprint density at radius 2 is 2.04 bits per heavy atom. The minimum Gasteiger partial charge on any atom is -0.352 e. The zero-order valence-electron chi connectivity index (χ0n) is 15.5. The minimum absolute atomic E-state index is 0.0209. The Hall–Kier alpha value is -1.59. The van der Waals surface area contributed by atoms with Gasteiger partial charge >= 0.3 is 0 Å². The topological polar surface area (TPSA) is 70.2 Å². The number of halogens is 1. The molecule has 1 heterocycles. The lowest BCUT2D eigenvalue weighted by Crippen LogP contribution is -2.39. The van der Waals surface area contributed by atoms with Gasteiger partial charge in [0.15, 0.2) is 0 Å². The van der Waals surface area contributed by atoms with Crippen molar-refractivity contribution in [2.45, 2.75) is 58.0 Å². The van der Waals surface area contributed by atoms with Gasteiger partial charge in [-0.3, -0.25) is 9.59 Å². The Kier molecular flexibility index (Phi) is 6.20. The van der Waals surface area contributed by atoms with E-state index in [1.165, 1.54) is 25.7 Å². The summed E-state index contributed by atoms with van der Waals surface area (Å²) in [4.78, 5) is 24.7. The summed E-state index contributed by atoms with van der Waals surface area (Å²) in [5.74, 6) is 0.782. The third-order valence-electron chi connectivity index (χ3n) is 5.33. The summed E-state index contributed by atoms with van der Waals surface area (Å²) in [6, 6.07) is 5.38. The van der Waals surface area contributed by atoms with E-state index in [1.54, 1.807) is 18.2 Å². The van der Waals surface area contributed by atoms with Gasteiger partial charge in [0, 0.05) is 18.3 Å². The maximum atomic E-state index is 12.6. The number of hydrogen-bond donors (Lipinski definition) is 3. The van der Waals surface area contributed by atoms with E-state index in [4.69, 9.17) is 11.6 Å². The molecule has 1 aromatic carbocycles. The molecule has 0 aromatic heterocycles. The smallest absolute Gasteiger partial charge is 0.252 e. The van der Waals surface area contributed by atoms with Gasteiger partial charge in [0.25, 0.3) is 5.91 Å². The molecule has 0 bridgehead atoms. The average molecular weight is 378 g/mol. The van der Waals surface area contributed by atoms with Crippen molar-refractivity contribution in [2.24, 2.45) is 11.8 Å². The summed E-state index contributed by atoms with van der Waals surface area (Å²) in [6.45, 7) is 4.67. The van der Waals surface area contributed by atoms with Gasteiger partial charge in [-0.05, 0) is 49.3 Å². The van der Waals surface area contributed by atoms with E-state index >= 15 is 0 Å². The molecule has 2 amide bonds. The number of benzene rings is 1. The van der Waals surface area contributed by atoms with Crippen LogP contribution in [0.4, 0.5) is 5.69 Å². The molecule has 26 heavy (non-hydrogen) atoms. The predicted octanol–water partition coefficient (Wildman–Crippen LogP) is 3.59. The second kappa shape index (κ2) is 8.40. The van der Waals surface area contributed by atoms with Crippen LogP contribution in [0, 0.1) is 11.8 Å². The van der Waals surface area contributed by atoms with Crippen molar-refractivity contribution in [3.8, 4) is 0 Å². The van der Waals surface area contributed by atoms with Gasteiger partial charge in [-0.15, -0.1) is 0 Å². The van der Waals surface area contributed by atoms with Crippen LogP contribution in [0.25, 0.3) is 0 Å². The lowest BCUT2D eigenvalue weighted by molar-refractivity contribution is -0.117. The molecule has 3 rings (SSSR count). The first-order chi connectivity index (χ1) is 12.4. The standard InChI is InChI=1S/C20H28ClN3O2/c1-12(2)11-22-19(25)15-8-7-14(10-16(15)21)23-20(26)18-9-13-5-3-4-6-17(13)24-18/h7-8,10,12-13,17-18,24H,3-6,9,11H2,1-2H3,(H,22,25)(H,23,26). The number of anilines is 1. The fourth-order valence-electron chi connectivity index (χ4n) is 3.92. The molecule has 1 aromatic rings. The third-order valence-corrected chi connectivity index (χ3v) is 5.64. The minimum atomic E-state index is -0.192. The molecule has 2 aliphatic rings. The highest BCUT2D eigenvalue weighted by Crippen LogP contribution is 2.33. The van der Waals surface area contributed by atoms with E-state index in [1.807, 2.05) is 13.8 Å². The summed E-state index contributed by atoms with van der Waals surface area (Å²) < 4.78 is 0. The number of fused-ring (bicyclic) bond motifs is 1. The Morgan fingerprint density at radius 1 is 1.27 bits per heavy atom. The van der Waals surface area contributed by atoms with E-state index in [0.29, 0.717) is 40.7 Å². The number of rotatable bonds is 5. The number of carbonyl (C=O) groups is 2. The van der Waals surface area contributed by atoms with E-state index < -0.39 is 0 Å². The number of amides is 2. The van der Waals surface area contributed by atoms with Gasteiger partial charge in [0.1, 0.15) is 0 Å². The van der Waals surface area contributed by atoms with Crippen molar-refractivity contribution in [3.63, 3.8) is 0 Å². The molecular weight excluding hydrogens is 350 g/mol. The van der Waals surface area contributed by atoms with Gasteiger partial charge in [-0.1, -0.05) is 38.3 Å². The lowest BCUT2D eigenvalue weighted by atomic mass is 9.85. The fourth-order valence-corrected chi connectivity index (χ4v) is 4.19. The first-order valence-electron chi connectivity index (χ1n) is 9.58. The molecule has 3 unspecified atom stereocenters. The van der Waals surface area contributed by atoms with Crippen LogP contribution in [0.5, 0.6) is 0 Å². The molecule has 6 heteroatoms. The largest absolute Gasteiger partial charge is 0.352 e. The van der Waals surface area contributed by atoms with Crippen LogP contribution in [0.15, 0.2) is 18.2 Å². The highest BCUT2D eigenvalue weighted by Gasteiger charge is 2.38. The number of hydrogen-bond acceptors (Lipinski definition) is 3. The Morgan fingerprint density at radius 3 is 2.73 bits per heavy atom. The van der Waals surface area contributed by atoms with Gasteiger partial charge in [0.05, 0.1) is 16.6 Å². The van der Waals surface area contributed by atoms with Crippen molar-refractivity contribution < 1.29 is 9.59 Å². The summed E-state index contributed by atoms with van der Waals surface area (Å²) in [5.41, 5.74) is 1.05. The van der Waals surface area contributed by atoms with Gasteiger partial charge < -0.3 is 16.0 Å². The Bertz CT molecular complexity index is 663. The molecule has 1 aliphatic carbocycles. The summed E-state index contributed by atoms with van der Waals surface area (Å²) in [6.07, 6.45) is 5.80. The summed E-state index contributed by atoms with van der Waals surface area (Å²) in [7, 11) is 0. The monoisotopic (exact) mass is 377 g/mol. The van der Waals surface area contributed by atoms with Crippen LogP contribution in [-0.4, -0.2) is 30.4 Å². The second-order valence-electron chi connectivity index (χ2n) is 7.89. The van der Waals surface area contributed by atoms with Crippen molar-refractivity contribution in [1.82, 2.24) is 10.6 Å². The first-order valence-corrected chi connectivity index (χ1v) is 9.96. The molecule has 0 radical (unpaired) electrons. The van der Waals surface area contributed by atoms with E-state index in [2.05, 4.69) is 16.0 Å². The average Bonchev–Trinajstić information content (AvgIpc) is 3.04. The quantitative estimate of drug-likeness (QED) is 0.734. The molecule has 142 valence electrons. The molecule has 1 saturated heterocycles. The normalized spacial score (nSPS) is 25.0. The highest BCUT2D eigenvalue weighted by atomic mass is 35.5. The van der Waals surface area contributed by atoms with Crippen molar-refractivity contribution in [2.75, 3.05) is 11.9 Å². The highest BCUT2D eigenvalue weighted by molar-refractivity contribution is 6.34. The molecule has 0 spiro atoms. The van der Waals surface area contributed by atoms with Gasteiger partial charge in [0.2, 0.25) is 5.91 Å². The maximum Gasteiger partial charge on any atom is 0.252 e. The van der Waals surface area contributed by atoms with E-state index in [-0.39, 0.29) is 17.9 Å². The van der Waals surface area contributed by atoms with Crippen LogP contribution < -0.4 is 16.0 Å². The van der Waals surface area contributed by atoms with Crippen LogP contribution in [-0.2, 0) is 4.79 Å². The van der Waals surface area contributed by atoms with E-state index in [0.717, 1.165) is 6.42 Å². The van der Waals surface area contributed by atoms with Crippen LogP contribution in [0.1, 0.15) is 56.3 Å². The molecule has 1 saturated carbocycles. The number of carbonyl (C=O) groups excluding carboxylic acids is 2. The Labute approximate surface area is 160 Å². The molecule has 3 N–H and O–H groups in total. The predicted molar refractivity (Wildman–Crippen MR) is 105 cm³/mol. The van der Waals surface area contributed by atoms with Gasteiger partial charge in [-0.25, -0.2) is 0 Å². The molecular formula is C20H28ClN3O2. The Balaban J connectivity index is 1.59. The SMILES string of the molecule is CC(C)CNC(=O)c1ccc(NC(=O)C2CC3CCCCC3N2)cc1Cl. The molecule has 2 fully saturated rings. The molecule has 1 aliphatic heterocycles. The van der Waals surface area contributed by atoms with Crippen LogP contribution in [0.3, 0.4) is 0 Å².